The van der Waals surface area contributed by atoms with Crippen molar-refractivity contribution >= 4 is 11.6 Å². The Morgan fingerprint density at radius 2 is 2.00 bits per heavy atom. The van der Waals surface area contributed by atoms with Gasteiger partial charge < -0.3 is 9.80 Å². The fourth-order valence-electron chi connectivity index (χ4n) is 3.23. The average molecular weight is 329 g/mol. The summed E-state index contributed by atoms with van der Waals surface area (Å²) in [4.78, 5) is 15.6. The Bertz CT molecular complexity index is 666. The largest absolute Gasteiger partial charge is 0.363 e. The van der Waals surface area contributed by atoms with Crippen molar-refractivity contribution in [3.05, 3.63) is 30.4 Å². The van der Waals surface area contributed by atoms with Crippen molar-refractivity contribution in [3.8, 4) is 0 Å². The smallest absolute Gasteiger partial charge is 0.134 e. The number of hydrogen-bond donors (Lipinski definition) is 0. The third-order valence-corrected chi connectivity index (χ3v) is 4.64. The molecule has 0 aromatic carbocycles. The average Bonchev–Trinajstić information content (AvgIpc) is 2.99. The molecule has 1 fully saturated rings. The summed E-state index contributed by atoms with van der Waals surface area (Å²) >= 11 is 0. The summed E-state index contributed by atoms with van der Waals surface area (Å²) in [5, 5.41) is 4.50. The number of aromatic nitrogens is 4. The molecule has 0 radical (unpaired) electrons. The number of hydrogen-bond acceptors (Lipinski definition) is 6. The van der Waals surface area contributed by atoms with Gasteiger partial charge in [0.25, 0.3) is 0 Å². The van der Waals surface area contributed by atoms with Gasteiger partial charge in [-0.25, -0.2) is 9.97 Å². The van der Waals surface area contributed by atoms with E-state index in [0.717, 1.165) is 37.0 Å². The third-order valence-electron chi connectivity index (χ3n) is 4.64. The minimum Gasteiger partial charge on any atom is -0.363 e. The van der Waals surface area contributed by atoms with Gasteiger partial charge in [0.05, 0.1) is 5.69 Å². The summed E-state index contributed by atoms with van der Waals surface area (Å²) in [5.74, 6) is 1.92. The Balaban J connectivity index is 1.66. The van der Waals surface area contributed by atoms with Crippen molar-refractivity contribution < 1.29 is 0 Å². The van der Waals surface area contributed by atoms with Crippen LogP contribution in [0.3, 0.4) is 0 Å². The highest BCUT2D eigenvalue weighted by Crippen LogP contribution is 2.22. The van der Waals surface area contributed by atoms with Crippen molar-refractivity contribution in [1.82, 2.24) is 24.6 Å². The summed E-state index contributed by atoms with van der Waals surface area (Å²) < 4.78 is 1.87. The standard InChI is InChI=1S/C17H27N7/c1-21(2)16-10-17(19-13-18-16)23(4)15-6-5-8-24(12-15)11-14-7-9-22(3)20-14/h7,9-10,13,15H,5-6,8,11-12H2,1-4H3. The Morgan fingerprint density at radius 1 is 1.21 bits per heavy atom. The van der Waals surface area contributed by atoms with Crippen LogP contribution in [-0.2, 0) is 13.6 Å². The van der Waals surface area contributed by atoms with E-state index >= 15 is 0 Å². The molecule has 7 heteroatoms. The van der Waals surface area contributed by atoms with Gasteiger partial charge in [0.15, 0.2) is 0 Å². The second-order valence-electron chi connectivity index (χ2n) is 6.75. The molecule has 1 unspecified atom stereocenters. The maximum Gasteiger partial charge on any atom is 0.134 e. The molecule has 1 aliphatic heterocycles. The summed E-state index contributed by atoms with van der Waals surface area (Å²) in [5.41, 5.74) is 1.14. The van der Waals surface area contributed by atoms with Gasteiger partial charge in [-0.05, 0) is 25.5 Å². The van der Waals surface area contributed by atoms with Crippen LogP contribution in [0.25, 0.3) is 0 Å². The number of anilines is 2. The van der Waals surface area contributed by atoms with Crippen LogP contribution in [0.1, 0.15) is 18.5 Å². The highest BCUT2D eigenvalue weighted by atomic mass is 15.3. The lowest BCUT2D eigenvalue weighted by atomic mass is 10.0. The molecule has 0 bridgehead atoms. The van der Waals surface area contributed by atoms with Gasteiger partial charge in [0.2, 0.25) is 0 Å². The molecule has 3 rings (SSSR count). The van der Waals surface area contributed by atoms with Gasteiger partial charge in [0, 0.05) is 59.6 Å². The molecule has 0 amide bonds. The predicted molar refractivity (Wildman–Crippen MR) is 96.3 cm³/mol. The van der Waals surface area contributed by atoms with Gasteiger partial charge in [-0.3, -0.25) is 9.58 Å². The number of rotatable bonds is 5. The third kappa shape index (κ3) is 3.84. The lowest BCUT2D eigenvalue weighted by Crippen LogP contribution is -2.46. The highest BCUT2D eigenvalue weighted by molar-refractivity contribution is 5.49. The van der Waals surface area contributed by atoms with Gasteiger partial charge in [0.1, 0.15) is 18.0 Å². The summed E-state index contributed by atoms with van der Waals surface area (Å²) in [6.07, 6.45) is 6.05. The molecule has 1 aliphatic rings. The van der Waals surface area contributed by atoms with E-state index in [1.54, 1.807) is 6.33 Å². The maximum atomic E-state index is 4.50. The summed E-state index contributed by atoms with van der Waals surface area (Å²) in [6, 6.07) is 4.62. The quantitative estimate of drug-likeness (QED) is 0.826. The molecule has 2 aromatic heterocycles. The molecular weight excluding hydrogens is 302 g/mol. The molecule has 130 valence electrons. The molecule has 0 spiro atoms. The molecule has 24 heavy (non-hydrogen) atoms. The van der Waals surface area contributed by atoms with E-state index in [4.69, 9.17) is 0 Å². The molecular formula is C17H27N7. The summed E-state index contributed by atoms with van der Waals surface area (Å²) in [7, 11) is 8.10. The zero-order valence-electron chi connectivity index (χ0n) is 15.1. The van der Waals surface area contributed by atoms with Crippen molar-refractivity contribution in [2.45, 2.75) is 25.4 Å². The van der Waals surface area contributed by atoms with E-state index in [9.17, 15) is 0 Å². The van der Waals surface area contributed by atoms with Crippen LogP contribution in [-0.4, -0.2) is 64.9 Å². The molecule has 0 saturated carbocycles. The zero-order chi connectivity index (χ0) is 17.1. The Kier molecular flexibility index (Phi) is 4.99. The molecule has 0 N–H and O–H groups in total. The topological polar surface area (TPSA) is 53.3 Å². The Labute approximate surface area is 143 Å². The monoisotopic (exact) mass is 329 g/mol. The Morgan fingerprint density at radius 3 is 2.71 bits per heavy atom. The molecule has 2 aromatic rings. The maximum absolute atomic E-state index is 4.50. The highest BCUT2D eigenvalue weighted by Gasteiger charge is 2.24. The van der Waals surface area contributed by atoms with Gasteiger partial charge >= 0.3 is 0 Å². The minimum atomic E-state index is 0.465. The van der Waals surface area contributed by atoms with Crippen LogP contribution in [0.4, 0.5) is 11.6 Å². The number of piperidine rings is 1. The fourth-order valence-corrected chi connectivity index (χ4v) is 3.23. The lowest BCUT2D eigenvalue weighted by Gasteiger charge is -2.38. The second-order valence-corrected chi connectivity index (χ2v) is 6.75. The van der Waals surface area contributed by atoms with Crippen LogP contribution in [0.15, 0.2) is 24.7 Å². The molecule has 1 atom stereocenters. The molecule has 0 aliphatic carbocycles. The van der Waals surface area contributed by atoms with Crippen LogP contribution in [0.2, 0.25) is 0 Å². The van der Waals surface area contributed by atoms with E-state index in [1.807, 2.05) is 36.9 Å². The van der Waals surface area contributed by atoms with Crippen LogP contribution in [0.5, 0.6) is 0 Å². The van der Waals surface area contributed by atoms with Crippen molar-refractivity contribution in [1.29, 1.82) is 0 Å². The molecule has 1 saturated heterocycles. The van der Waals surface area contributed by atoms with Gasteiger partial charge in [-0.15, -0.1) is 0 Å². The summed E-state index contributed by atoms with van der Waals surface area (Å²) in [6.45, 7) is 3.08. The van der Waals surface area contributed by atoms with E-state index < -0.39 is 0 Å². The minimum absolute atomic E-state index is 0.465. The number of likely N-dealkylation sites (N-methyl/N-ethyl adjacent to an activating group) is 1. The zero-order valence-corrected chi connectivity index (χ0v) is 15.1. The Hall–Kier alpha value is -2.15. The van der Waals surface area contributed by atoms with E-state index in [-0.39, 0.29) is 0 Å². The number of aryl methyl sites for hydroxylation is 1. The van der Waals surface area contributed by atoms with Crippen LogP contribution < -0.4 is 9.80 Å². The van der Waals surface area contributed by atoms with E-state index in [0.29, 0.717) is 6.04 Å². The SMILES string of the molecule is CN(C)c1cc(N(C)C2CCCN(Cc3ccn(C)n3)C2)ncn1. The molecule has 7 nitrogen and oxygen atoms in total. The first-order valence-corrected chi connectivity index (χ1v) is 8.46. The fraction of sp³-hybridized carbons (Fsp3) is 0.588. The van der Waals surface area contributed by atoms with Gasteiger partial charge in [-0.2, -0.15) is 5.10 Å². The van der Waals surface area contributed by atoms with Crippen molar-refractivity contribution in [2.75, 3.05) is 44.0 Å². The molecule has 3 heterocycles. The van der Waals surface area contributed by atoms with Crippen LogP contribution >= 0.6 is 0 Å². The van der Waals surface area contributed by atoms with Crippen molar-refractivity contribution in [2.24, 2.45) is 7.05 Å². The van der Waals surface area contributed by atoms with Crippen LogP contribution in [0, 0.1) is 0 Å². The first-order chi connectivity index (χ1) is 11.5. The van der Waals surface area contributed by atoms with Gasteiger partial charge in [-0.1, -0.05) is 0 Å². The van der Waals surface area contributed by atoms with E-state index in [2.05, 4.69) is 44.0 Å². The number of likely N-dealkylation sites (tertiary alicyclic amines) is 1. The first-order valence-electron chi connectivity index (χ1n) is 8.46. The first kappa shape index (κ1) is 16.7. The van der Waals surface area contributed by atoms with E-state index in [1.165, 1.54) is 12.8 Å². The van der Waals surface area contributed by atoms with Crippen molar-refractivity contribution in [3.63, 3.8) is 0 Å². The predicted octanol–water partition coefficient (Wildman–Crippen LogP) is 1.38. The lowest BCUT2D eigenvalue weighted by molar-refractivity contribution is 0.196. The normalized spacial score (nSPS) is 18.6. The second kappa shape index (κ2) is 7.17. The number of nitrogens with zero attached hydrogens (tertiary/aromatic N) is 7.